The van der Waals surface area contributed by atoms with Gasteiger partial charge in [0.25, 0.3) is 0 Å². The molecule has 0 saturated heterocycles. The van der Waals surface area contributed by atoms with Crippen LogP contribution in [0.2, 0.25) is 0 Å². The highest BCUT2D eigenvalue weighted by Gasteiger charge is 2.65. The minimum atomic E-state index is 0.638. The van der Waals surface area contributed by atoms with Crippen molar-refractivity contribution in [1.82, 2.24) is 9.38 Å². The number of para-hydroxylation sites is 1. The first-order valence-corrected chi connectivity index (χ1v) is 20.3. The van der Waals surface area contributed by atoms with Crippen LogP contribution in [0.1, 0.15) is 110 Å². The van der Waals surface area contributed by atoms with E-state index in [9.17, 15) is 0 Å². The maximum absolute atomic E-state index is 6.48. The number of fused-ring (bicyclic) bond motifs is 15. The minimum Gasteiger partial charge on any atom is -0.456 e. The predicted molar refractivity (Wildman–Crippen MR) is 205 cm³/mol. The van der Waals surface area contributed by atoms with Crippen molar-refractivity contribution in [2.24, 2.45) is 29.1 Å². The molecule has 5 saturated carbocycles. The molecule has 7 unspecified atom stereocenters. The highest BCUT2D eigenvalue weighted by Crippen LogP contribution is 2.76. The second-order valence-corrected chi connectivity index (χ2v) is 18.8. The van der Waals surface area contributed by atoms with Crippen molar-refractivity contribution in [3.05, 3.63) is 95.3 Å². The van der Waals surface area contributed by atoms with Crippen LogP contribution in [0.5, 0.6) is 0 Å². The molecule has 51 heavy (non-hydrogen) atoms. The number of hydrogen-bond acceptors (Lipinski definition) is 2. The van der Waals surface area contributed by atoms with E-state index in [1.54, 1.807) is 22.1 Å². The van der Waals surface area contributed by atoms with Crippen molar-refractivity contribution in [3.63, 3.8) is 0 Å². The molecule has 0 aliphatic heterocycles. The molecule has 4 aromatic carbocycles. The van der Waals surface area contributed by atoms with Gasteiger partial charge in [0, 0.05) is 43.9 Å². The number of pyridine rings is 1. The van der Waals surface area contributed by atoms with Gasteiger partial charge in [0.15, 0.2) is 0 Å². The quantitative estimate of drug-likeness (QED) is 0.175. The van der Waals surface area contributed by atoms with E-state index in [1.165, 1.54) is 125 Å². The van der Waals surface area contributed by atoms with Gasteiger partial charge in [0.1, 0.15) is 11.2 Å². The summed E-state index contributed by atoms with van der Waals surface area (Å²) in [5, 5.41) is 8.46. The van der Waals surface area contributed by atoms with E-state index >= 15 is 0 Å². The maximum Gasteiger partial charge on any atom is 0.136 e. The fraction of sp³-hybridized carbons (Fsp3) is 0.396. The van der Waals surface area contributed by atoms with Crippen LogP contribution >= 0.6 is 0 Å². The molecular weight excluding hydrogens is 621 g/mol. The van der Waals surface area contributed by atoms with Gasteiger partial charge >= 0.3 is 0 Å². The molecule has 4 heterocycles. The number of benzene rings is 4. The summed E-state index contributed by atoms with van der Waals surface area (Å²) in [5.74, 6) is 6.46. The Labute approximate surface area is 296 Å². The Hall–Kier alpha value is -4.37. The Morgan fingerprint density at radius 1 is 0.588 bits per heavy atom. The molecule has 16 rings (SSSR count). The van der Waals surface area contributed by atoms with Crippen LogP contribution in [0.3, 0.4) is 0 Å². The van der Waals surface area contributed by atoms with E-state index in [1.807, 2.05) is 0 Å². The molecule has 4 aromatic heterocycles. The summed E-state index contributed by atoms with van der Waals surface area (Å²) in [4.78, 5) is 5.49. The zero-order chi connectivity index (χ0) is 32.5. The van der Waals surface area contributed by atoms with Gasteiger partial charge in [-0.1, -0.05) is 30.3 Å². The smallest absolute Gasteiger partial charge is 0.136 e. The molecule has 3 nitrogen and oxygen atoms in total. The van der Waals surface area contributed by atoms with Gasteiger partial charge < -0.3 is 8.82 Å². The molecular formula is C48H40N2O. The summed E-state index contributed by atoms with van der Waals surface area (Å²) in [7, 11) is 0. The molecule has 7 bridgehead atoms. The molecule has 7 atom stereocenters. The lowest BCUT2D eigenvalue weighted by Gasteiger charge is -2.48. The molecule has 0 amide bonds. The first-order valence-electron chi connectivity index (χ1n) is 20.3. The Bertz CT molecular complexity index is 2890. The van der Waals surface area contributed by atoms with Crippen LogP contribution in [-0.2, 0) is 0 Å². The van der Waals surface area contributed by atoms with Gasteiger partial charge in [-0.15, -0.1) is 0 Å². The number of hydrogen-bond donors (Lipinski definition) is 0. The molecule has 3 heteroatoms. The van der Waals surface area contributed by atoms with Crippen molar-refractivity contribution in [2.45, 2.75) is 87.9 Å². The normalized spacial score (nSPS) is 34.0. The zero-order valence-corrected chi connectivity index (χ0v) is 28.9. The second kappa shape index (κ2) is 8.46. The first kappa shape index (κ1) is 26.4. The zero-order valence-electron chi connectivity index (χ0n) is 28.9. The van der Waals surface area contributed by atoms with Crippen LogP contribution in [-0.4, -0.2) is 9.38 Å². The summed E-state index contributed by atoms with van der Waals surface area (Å²) >= 11 is 0. The number of nitrogens with zero attached hydrogens (tertiary/aromatic N) is 2. The SMILES string of the molecule is c1ccc2c(c1)oc1cc(-c3cc4c5c6c(ccc5n5c7cnc8c(c7c(c3)c45)C3CC4CC(CC8C4)C3)C3CC4CC5CC6CC45C3)ccc12. The molecule has 8 aromatic rings. The third-order valence-corrected chi connectivity index (χ3v) is 16.8. The van der Waals surface area contributed by atoms with Crippen LogP contribution in [0.25, 0.3) is 71.2 Å². The Kier molecular flexibility index (Phi) is 4.38. The van der Waals surface area contributed by atoms with Crippen molar-refractivity contribution < 1.29 is 4.42 Å². The standard InChI is InChI=1S/C48H40N2O/c1-2-4-40-34(3-1)35-6-5-25(18-41(35)51-40)26-16-36-44-38(8-7-33-29-14-31-19-32-15-30(42(33)44)21-48(31,32)20-29)50-39-22-49-46-28-12-23-9-24(13-28)11-27(10-23)43(46)45(39)37(17-26)47(36)50/h1-8,16-18,22-24,27-32H,9-15,19-21H2. The lowest BCUT2D eigenvalue weighted by Crippen LogP contribution is -2.41. The minimum absolute atomic E-state index is 0.638. The Balaban J connectivity index is 1.08. The van der Waals surface area contributed by atoms with E-state index in [4.69, 9.17) is 9.40 Å². The van der Waals surface area contributed by atoms with Crippen LogP contribution in [0, 0.1) is 29.1 Å². The molecule has 0 radical (unpaired) electrons. The molecule has 1 spiro atoms. The van der Waals surface area contributed by atoms with Gasteiger partial charge in [-0.2, -0.15) is 0 Å². The largest absolute Gasteiger partial charge is 0.456 e. The lowest BCUT2D eigenvalue weighted by molar-refractivity contribution is 0.00322. The lowest BCUT2D eigenvalue weighted by atomic mass is 9.56. The average Bonchev–Trinajstić information content (AvgIpc) is 3.89. The summed E-state index contributed by atoms with van der Waals surface area (Å²) in [5.41, 5.74) is 16.0. The summed E-state index contributed by atoms with van der Waals surface area (Å²) in [6.07, 6.45) is 16.4. The van der Waals surface area contributed by atoms with E-state index in [-0.39, 0.29) is 0 Å². The summed E-state index contributed by atoms with van der Waals surface area (Å²) in [6, 6.07) is 25.8. The van der Waals surface area contributed by atoms with E-state index in [0.29, 0.717) is 23.2 Å². The fourth-order valence-electron chi connectivity index (χ4n) is 15.2. The van der Waals surface area contributed by atoms with Gasteiger partial charge in [0.05, 0.1) is 22.7 Å². The second-order valence-electron chi connectivity index (χ2n) is 18.8. The Morgan fingerprint density at radius 3 is 2.24 bits per heavy atom. The third kappa shape index (κ3) is 2.95. The topological polar surface area (TPSA) is 30.4 Å². The predicted octanol–water partition coefficient (Wildman–Crippen LogP) is 12.6. The van der Waals surface area contributed by atoms with E-state index < -0.39 is 0 Å². The van der Waals surface area contributed by atoms with Crippen molar-refractivity contribution in [3.8, 4) is 11.1 Å². The van der Waals surface area contributed by atoms with Crippen LogP contribution < -0.4 is 0 Å². The van der Waals surface area contributed by atoms with Crippen molar-refractivity contribution in [2.75, 3.05) is 0 Å². The Morgan fingerprint density at radius 2 is 1.35 bits per heavy atom. The van der Waals surface area contributed by atoms with Crippen LogP contribution in [0.15, 0.2) is 77.3 Å². The van der Waals surface area contributed by atoms with E-state index in [0.717, 1.165) is 40.8 Å². The highest BCUT2D eigenvalue weighted by atomic mass is 16.3. The average molecular weight is 661 g/mol. The number of aromatic nitrogens is 2. The molecule has 5 fully saturated rings. The van der Waals surface area contributed by atoms with Crippen LogP contribution in [0.4, 0.5) is 0 Å². The molecule has 8 aliphatic rings. The maximum atomic E-state index is 6.48. The van der Waals surface area contributed by atoms with Gasteiger partial charge in [-0.05, 0) is 175 Å². The van der Waals surface area contributed by atoms with Crippen molar-refractivity contribution in [1.29, 1.82) is 0 Å². The highest BCUT2D eigenvalue weighted by molar-refractivity contribution is 6.26. The molecule has 0 N–H and O–H groups in total. The fourth-order valence-corrected chi connectivity index (χ4v) is 15.2. The number of rotatable bonds is 1. The molecule has 248 valence electrons. The van der Waals surface area contributed by atoms with Crippen molar-refractivity contribution >= 4 is 60.0 Å². The van der Waals surface area contributed by atoms with Gasteiger partial charge in [-0.3, -0.25) is 4.98 Å². The first-order chi connectivity index (χ1) is 25.2. The summed E-state index contributed by atoms with van der Waals surface area (Å²) in [6.45, 7) is 0. The van der Waals surface area contributed by atoms with E-state index in [2.05, 4.69) is 77.3 Å². The third-order valence-electron chi connectivity index (χ3n) is 16.8. The summed E-state index contributed by atoms with van der Waals surface area (Å²) < 4.78 is 9.17. The monoisotopic (exact) mass is 660 g/mol. The van der Waals surface area contributed by atoms with Gasteiger partial charge in [0.2, 0.25) is 0 Å². The molecule has 8 aliphatic carbocycles. The number of furan rings is 1. The van der Waals surface area contributed by atoms with Gasteiger partial charge in [-0.25, -0.2) is 0 Å².